The highest BCUT2D eigenvalue weighted by atomic mass is 32.2. The number of benzene rings is 1. The molecule has 0 aliphatic carbocycles. The third-order valence-electron chi connectivity index (χ3n) is 3.26. The van der Waals surface area contributed by atoms with Crippen LogP contribution in [0.15, 0.2) is 41.7 Å². The van der Waals surface area contributed by atoms with Crippen LogP contribution in [0.25, 0.3) is 11.3 Å². The van der Waals surface area contributed by atoms with Crippen LogP contribution in [0.1, 0.15) is 20.3 Å². The summed E-state index contributed by atoms with van der Waals surface area (Å²) in [5, 5.41) is 3.47. The summed E-state index contributed by atoms with van der Waals surface area (Å²) < 4.78 is 5.24. The Balaban J connectivity index is 1.80. The molecule has 0 saturated carbocycles. The number of amides is 1. The van der Waals surface area contributed by atoms with Crippen molar-refractivity contribution in [3.8, 4) is 11.3 Å². The molecule has 0 saturated heterocycles. The van der Waals surface area contributed by atoms with Crippen molar-refractivity contribution in [2.24, 2.45) is 0 Å². The minimum Gasteiger partial charge on any atom is -0.382 e. The van der Waals surface area contributed by atoms with Crippen LogP contribution in [0.5, 0.6) is 0 Å². The Morgan fingerprint density at radius 3 is 2.91 bits per heavy atom. The fraction of sp³-hybridized carbons (Fsp3) is 0.412. The molecule has 0 bridgehead atoms. The molecule has 124 valence electrons. The molecule has 0 radical (unpaired) electrons. The van der Waals surface area contributed by atoms with E-state index in [9.17, 15) is 4.79 Å². The van der Waals surface area contributed by atoms with Crippen LogP contribution in [0, 0.1) is 0 Å². The van der Waals surface area contributed by atoms with Gasteiger partial charge in [-0.2, -0.15) is 0 Å². The van der Waals surface area contributed by atoms with Crippen molar-refractivity contribution in [3.05, 3.63) is 36.5 Å². The molecule has 0 spiro atoms. The van der Waals surface area contributed by atoms with Gasteiger partial charge in [-0.15, -0.1) is 0 Å². The number of thioether (sulfide) groups is 1. The van der Waals surface area contributed by atoms with Crippen LogP contribution in [0.3, 0.4) is 0 Å². The summed E-state index contributed by atoms with van der Waals surface area (Å²) in [6.07, 6.45) is 2.63. The van der Waals surface area contributed by atoms with Crippen molar-refractivity contribution < 1.29 is 9.53 Å². The summed E-state index contributed by atoms with van der Waals surface area (Å²) in [7, 11) is 0. The van der Waals surface area contributed by atoms with E-state index in [1.807, 2.05) is 44.2 Å². The van der Waals surface area contributed by atoms with Gasteiger partial charge in [0.1, 0.15) is 0 Å². The van der Waals surface area contributed by atoms with Gasteiger partial charge < -0.3 is 15.0 Å². The SMILES string of the molecule is CCOCCCNC(=O)C(C)Sc1ncc(-c2ccccc2)[nH]1. The largest absolute Gasteiger partial charge is 0.382 e. The Morgan fingerprint density at radius 2 is 2.17 bits per heavy atom. The molecule has 1 atom stereocenters. The molecule has 0 aliphatic heterocycles. The summed E-state index contributed by atoms with van der Waals surface area (Å²) in [6.45, 7) is 5.87. The van der Waals surface area contributed by atoms with Gasteiger partial charge in [-0.05, 0) is 25.8 Å². The number of nitrogens with zero attached hydrogens (tertiary/aromatic N) is 1. The number of carbonyl (C=O) groups is 1. The number of aromatic amines is 1. The highest BCUT2D eigenvalue weighted by Crippen LogP contribution is 2.24. The Morgan fingerprint density at radius 1 is 1.39 bits per heavy atom. The Kier molecular flexibility index (Phi) is 7.16. The average Bonchev–Trinajstić information content (AvgIpc) is 3.03. The third-order valence-corrected chi connectivity index (χ3v) is 4.26. The minimum absolute atomic E-state index is 0.0177. The molecule has 2 aromatic rings. The summed E-state index contributed by atoms with van der Waals surface area (Å²) in [5.41, 5.74) is 2.04. The van der Waals surface area contributed by atoms with Gasteiger partial charge >= 0.3 is 0 Å². The molecule has 1 unspecified atom stereocenters. The Bertz CT molecular complexity index is 601. The molecule has 2 N–H and O–H groups in total. The molecule has 0 fully saturated rings. The van der Waals surface area contributed by atoms with Crippen LogP contribution in [-0.4, -0.2) is 40.9 Å². The fourth-order valence-corrected chi connectivity index (χ4v) is 2.83. The number of hydrogen-bond donors (Lipinski definition) is 2. The Labute approximate surface area is 141 Å². The second kappa shape index (κ2) is 9.37. The van der Waals surface area contributed by atoms with Gasteiger partial charge in [0, 0.05) is 19.8 Å². The van der Waals surface area contributed by atoms with E-state index < -0.39 is 0 Å². The number of H-pyrrole nitrogens is 1. The smallest absolute Gasteiger partial charge is 0.233 e. The summed E-state index contributed by atoms with van der Waals surface area (Å²) in [6, 6.07) is 10.0. The molecule has 1 amide bonds. The van der Waals surface area contributed by atoms with Gasteiger partial charge in [-0.1, -0.05) is 42.1 Å². The lowest BCUT2D eigenvalue weighted by Crippen LogP contribution is -2.32. The monoisotopic (exact) mass is 333 g/mol. The maximum atomic E-state index is 12.0. The zero-order valence-electron chi connectivity index (χ0n) is 13.5. The maximum absolute atomic E-state index is 12.0. The van der Waals surface area contributed by atoms with Crippen molar-refractivity contribution in [2.75, 3.05) is 19.8 Å². The van der Waals surface area contributed by atoms with Crippen LogP contribution in [0.4, 0.5) is 0 Å². The summed E-state index contributed by atoms with van der Waals surface area (Å²) in [5.74, 6) is 0.0177. The lowest BCUT2D eigenvalue weighted by molar-refractivity contribution is -0.120. The third kappa shape index (κ3) is 5.73. The number of hydrogen-bond acceptors (Lipinski definition) is 4. The van der Waals surface area contributed by atoms with Crippen LogP contribution in [0.2, 0.25) is 0 Å². The molecule has 1 aromatic heterocycles. The predicted molar refractivity (Wildman–Crippen MR) is 93.5 cm³/mol. The lowest BCUT2D eigenvalue weighted by Gasteiger charge is -2.10. The van der Waals surface area contributed by atoms with Gasteiger partial charge in [0.25, 0.3) is 0 Å². The average molecular weight is 333 g/mol. The van der Waals surface area contributed by atoms with E-state index in [-0.39, 0.29) is 11.2 Å². The van der Waals surface area contributed by atoms with E-state index in [1.165, 1.54) is 11.8 Å². The first-order valence-corrected chi connectivity index (χ1v) is 8.71. The van der Waals surface area contributed by atoms with Gasteiger partial charge in [0.2, 0.25) is 5.91 Å². The van der Waals surface area contributed by atoms with Gasteiger partial charge in [0.15, 0.2) is 5.16 Å². The van der Waals surface area contributed by atoms with Crippen molar-refractivity contribution in [2.45, 2.75) is 30.7 Å². The topological polar surface area (TPSA) is 67.0 Å². The van der Waals surface area contributed by atoms with Gasteiger partial charge in [0.05, 0.1) is 17.1 Å². The van der Waals surface area contributed by atoms with E-state index in [1.54, 1.807) is 6.20 Å². The molecule has 23 heavy (non-hydrogen) atoms. The fourth-order valence-electron chi connectivity index (χ4n) is 2.02. The quantitative estimate of drug-likeness (QED) is 0.546. The van der Waals surface area contributed by atoms with Crippen LogP contribution in [-0.2, 0) is 9.53 Å². The predicted octanol–water partition coefficient (Wildman–Crippen LogP) is 3.10. The van der Waals surface area contributed by atoms with Crippen molar-refractivity contribution >= 4 is 17.7 Å². The zero-order chi connectivity index (χ0) is 16.5. The lowest BCUT2D eigenvalue weighted by atomic mass is 10.2. The molecule has 0 aliphatic rings. The standard InChI is InChI=1S/C17H23N3O2S/c1-3-22-11-7-10-18-16(21)13(2)23-17-19-12-15(20-17)14-8-5-4-6-9-14/h4-6,8-9,12-13H,3,7,10-11H2,1-2H3,(H,18,21)(H,19,20). The van der Waals surface area contributed by atoms with E-state index >= 15 is 0 Å². The van der Waals surface area contributed by atoms with Crippen LogP contribution < -0.4 is 5.32 Å². The highest BCUT2D eigenvalue weighted by molar-refractivity contribution is 8.00. The number of nitrogens with one attached hydrogen (secondary N) is 2. The number of imidazole rings is 1. The minimum atomic E-state index is -0.197. The molecule has 2 rings (SSSR count). The zero-order valence-corrected chi connectivity index (χ0v) is 14.4. The molecular formula is C17H23N3O2S. The van der Waals surface area contributed by atoms with E-state index in [0.717, 1.165) is 22.8 Å². The number of aromatic nitrogens is 2. The first-order chi connectivity index (χ1) is 11.2. The molecule has 1 heterocycles. The van der Waals surface area contributed by atoms with E-state index in [4.69, 9.17) is 4.74 Å². The second-order valence-corrected chi connectivity index (χ2v) is 6.40. The summed E-state index contributed by atoms with van der Waals surface area (Å²) in [4.78, 5) is 19.6. The maximum Gasteiger partial charge on any atom is 0.233 e. The first kappa shape index (κ1) is 17.6. The Hall–Kier alpha value is -1.79. The molecule has 1 aromatic carbocycles. The molecular weight excluding hydrogens is 310 g/mol. The molecule has 6 heteroatoms. The highest BCUT2D eigenvalue weighted by Gasteiger charge is 2.15. The van der Waals surface area contributed by atoms with Gasteiger partial charge in [-0.3, -0.25) is 4.79 Å². The summed E-state index contributed by atoms with van der Waals surface area (Å²) >= 11 is 1.43. The van der Waals surface area contributed by atoms with Crippen molar-refractivity contribution in [1.82, 2.24) is 15.3 Å². The molecule has 5 nitrogen and oxygen atoms in total. The van der Waals surface area contributed by atoms with Crippen molar-refractivity contribution in [1.29, 1.82) is 0 Å². The number of ether oxygens (including phenoxy) is 1. The van der Waals surface area contributed by atoms with E-state index in [2.05, 4.69) is 15.3 Å². The number of rotatable bonds is 9. The van der Waals surface area contributed by atoms with Crippen molar-refractivity contribution in [3.63, 3.8) is 0 Å². The van der Waals surface area contributed by atoms with Gasteiger partial charge in [-0.25, -0.2) is 4.98 Å². The van der Waals surface area contributed by atoms with Crippen LogP contribution >= 0.6 is 11.8 Å². The second-order valence-electron chi connectivity index (χ2n) is 5.07. The van der Waals surface area contributed by atoms with E-state index in [0.29, 0.717) is 19.8 Å². The number of carbonyl (C=O) groups excluding carboxylic acids is 1. The normalized spacial score (nSPS) is 12.1. The first-order valence-electron chi connectivity index (χ1n) is 7.83.